The van der Waals surface area contributed by atoms with Gasteiger partial charge in [-0.25, -0.2) is 4.98 Å². The van der Waals surface area contributed by atoms with Gasteiger partial charge in [0.25, 0.3) is 11.5 Å². The van der Waals surface area contributed by atoms with Crippen molar-refractivity contribution in [2.24, 2.45) is 0 Å². The van der Waals surface area contributed by atoms with Crippen LogP contribution in [0.25, 0.3) is 11.7 Å². The molecular weight excluding hydrogens is 440 g/mol. The number of nitrogens with zero attached hydrogens (tertiary/aromatic N) is 3. The van der Waals surface area contributed by atoms with E-state index in [9.17, 15) is 9.59 Å². The SMILES string of the molecule is CCCCCCCCN1C(=O)/C(=C/c2c(NCCC)nc3c(C)cccn3c2=O)SC1=S. The van der Waals surface area contributed by atoms with Gasteiger partial charge < -0.3 is 5.32 Å². The van der Waals surface area contributed by atoms with Crippen molar-refractivity contribution in [2.75, 3.05) is 18.4 Å². The van der Waals surface area contributed by atoms with E-state index in [1.165, 1.54) is 41.8 Å². The van der Waals surface area contributed by atoms with Gasteiger partial charge in [-0.2, -0.15) is 0 Å². The molecule has 1 saturated heterocycles. The van der Waals surface area contributed by atoms with Gasteiger partial charge in [-0.3, -0.25) is 18.9 Å². The van der Waals surface area contributed by atoms with Gasteiger partial charge in [0, 0.05) is 19.3 Å². The van der Waals surface area contributed by atoms with Crippen LogP contribution in [0.5, 0.6) is 0 Å². The Balaban J connectivity index is 1.86. The minimum absolute atomic E-state index is 0.122. The number of nitrogens with one attached hydrogen (secondary N) is 1. The molecule has 0 aromatic carbocycles. The Kier molecular flexibility index (Phi) is 8.87. The monoisotopic (exact) mass is 472 g/mol. The highest BCUT2D eigenvalue weighted by Gasteiger charge is 2.32. The van der Waals surface area contributed by atoms with Gasteiger partial charge in [-0.1, -0.05) is 76.0 Å². The molecule has 32 heavy (non-hydrogen) atoms. The van der Waals surface area contributed by atoms with Crippen LogP contribution in [0.3, 0.4) is 0 Å². The van der Waals surface area contributed by atoms with Crippen LogP contribution in [0.1, 0.15) is 69.9 Å². The first kappa shape index (κ1) is 24.5. The molecule has 3 heterocycles. The largest absolute Gasteiger partial charge is 0.369 e. The lowest BCUT2D eigenvalue weighted by molar-refractivity contribution is -0.122. The van der Waals surface area contributed by atoms with Crippen LogP contribution in [0.2, 0.25) is 0 Å². The minimum atomic E-state index is -0.196. The summed E-state index contributed by atoms with van der Waals surface area (Å²) in [6, 6.07) is 3.76. The predicted octanol–water partition coefficient (Wildman–Crippen LogP) is 5.39. The third-order valence-electron chi connectivity index (χ3n) is 5.51. The molecule has 6 nitrogen and oxygen atoms in total. The second kappa shape index (κ2) is 11.6. The van der Waals surface area contributed by atoms with E-state index in [0.29, 0.717) is 39.3 Å². The quantitative estimate of drug-likeness (QED) is 0.269. The third-order valence-corrected chi connectivity index (χ3v) is 6.89. The maximum Gasteiger partial charge on any atom is 0.267 e. The lowest BCUT2D eigenvalue weighted by atomic mass is 10.1. The van der Waals surface area contributed by atoms with E-state index in [0.717, 1.165) is 24.8 Å². The van der Waals surface area contributed by atoms with E-state index >= 15 is 0 Å². The Morgan fingerprint density at radius 3 is 2.62 bits per heavy atom. The topological polar surface area (TPSA) is 66.7 Å². The third kappa shape index (κ3) is 5.59. The van der Waals surface area contributed by atoms with Crippen LogP contribution in [0.15, 0.2) is 28.0 Å². The number of hydrogen-bond acceptors (Lipinski definition) is 6. The van der Waals surface area contributed by atoms with Crippen LogP contribution in [0, 0.1) is 6.92 Å². The summed E-state index contributed by atoms with van der Waals surface area (Å²) in [7, 11) is 0. The molecule has 0 saturated carbocycles. The fourth-order valence-corrected chi connectivity index (χ4v) is 4.98. The normalized spacial score (nSPS) is 15.3. The van der Waals surface area contributed by atoms with E-state index < -0.39 is 0 Å². The first-order valence-electron chi connectivity index (χ1n) is 11.5. The summed E-state index contributed by atoms with van der Waals surface area (Å²) in [4.78, 5) is 33.2. The number of carbonyl (C=O) groups excluding carboxylic acids is 1. The first-order chi connectivity index (χ1) is 15.5. The Morgan fingerprint density at radius 2 is 1.88 bits per heavy atom. The summed E-state index contributed by atoms with van der Waals surface area (Å²) in [5.74, 6) is 0.385. The molecule has 0 unspecified atom stereocenters. The molecule has 1 fully saturated rings. The second-order valence-corrected chi connectivity index (χ2v) is 9.77. The zero-order valence-electron chi connectivity index (χ0n) is 19.1. The first-order valence-corrected chi connectivity index (χ1v) is 12.7. The highest BCUT2D eigenvalue weighted by molar-refractivity contribution is 8.26. The second-order valence-electron chi connectivity index (χ2n) is 8.09. The molecule has 8 heteroatoms. The number of unbranched alkanes of at least 4 members (excludes halogenated alkanes) is 5. The lowest BCUT2D eigenvalue weighted by Crippen LogP contribution is -2.29. The highest BCUT2D eigenvalue weighted by atomic mass is 32.2. The number of aromatic nitrogens is 2. The molecule has 0 atom stereocenters. The molecule has 1 aliphatic rings. The molecule has 0 bridgehead atoms. The number of thiocarbonyl (C=S) groups is 1. The molecule has 0 aliphatic carbocycles. The Hall–Kier alpha value is -2.19. The summed E-state index contributed by atoms with van der Waals surface area (Å²) in [5.41, 5.74) is 1.73. The van der Waals surface area contributed by atoms with Gasteiger partial charge in [0.05, 0.1) is 10.5 Å². The van der Waals surface area contributed by atoms with Crippen LogP contribution in [0.4, 0.5) is 5.82 Å². The lowest BCUT2D eigenvalue weighted by Gasteiger charge is -2.14. The van der Waals surface area contributed by atoms with E-state index in [4.69, 9.17) is 17.2 Å². The van der Waals surface area contributed by atoms with Gasteiger partial charge in [0.2, 0.25) is 0 Å². The van der Waals surface area contributed by atoms with E-state index in [2.05, 4.69) is 19.2 Å². The maximum atomic E-state index is 13.3. The molecule has 2 aromatic heterocycles. The zero-order chi connectivity index (χ0) is 23.1. The summed E-state index contributed by atoms with van der Waals surface area (Å²) in [5, 5.41) is 3.26. The number of anilines is 1. The number of rotatable bonds is 11. The predicted molar refractivity (Wildman–Crippen MR) is 138 cm³/mol. The summed E-state index contributed by atoms with van der Waals surface area (Å²) in [6.07, 6.45) is 11.2. The fourth-order valence-electron chi connectivity index (χ4n) is 3.69. The number of fused-ring (bicyclic) bond motifs is 1. The number of aryl methyl sites for hydroxylation is 1. The average molecular weight is 473 g/mol. The molecule has 3 rings (SSSR count). The van der Waals surface area contributed by atoms with Crippen molar-refractivity contribution >= 4 is 51.7 Å². The Bertz CT molecular complexity index is 1080. The van der Waals surface area contributed by atoms with Crippen molar-refractivity contribution in [3.05, 3.63) is 44.7 Å². The Morgan fingerprint density at radius 1 is 1.12 bits per heavy atom. The van der Waals surface area contributed by atoms with Gasteiger partial charge in [0.15, 0.2) is 0 Å². The van der Waals surface area contributed by atoms with Crippen LogP contribution < -0.4 is 10.9 Å². The highest BCUT2D eigenvalue weighted by Crippen LogP contribution is 2.33. The van der Waals surface area contributed by atoms with E-state index in [-0.39, 0.29) is 11.5 Å². The van der Waals surface area contributed by atoms with Crippen molar-refractivity contribution in [3.63, 3.8) is 0 Å². The van der Waals surface area contributed by atoms with Gasteiger partial charge >= 0.3 is 0 Å². The smallest absolute Gasteiger partial charge is 0.267 e. The zero-order valence-corrected chi connectivity index (χ0v) is 20.8. The van der Waals surface area contributed by atoms with Crippen molar-refractivity contribution in [1.29, 1.82) is 0 Å². The van der Waals surface area contributed by atoms with Crippen LogP contribution in [-0.4, -0.2) is 37.6 Å². The molecule has 0 radical (unpaired) electrons. The van der Waals surface area contributed by atoms with Gasteiger partial charge in [-0.15, -0.1) is 0 Å². The van der Waals surface area contributed by atoms with E-state index in [1.54, 1.807) is 17.2 Å². The van der Waals surface area contributed by atoms with Gasteiger partial charge in [-0.05, 0) is 37.5 Å². The van der Waals surface area contributed by atoms with E-state index in [1.807, 2.05) is 19.1 Å². The number of thioether (sulfide) groups is 1. The van der Waals surface area contributed by atoms with Gasteiger partial charge in [0.1, 0.15) is 15.8 Å². The minimum Gasteiger partial charge on any atom is -0.369 e. The summed E-state index contributed by atoms with van der Waals surface area (Å²) >= 11 is 6.74. The number of pyridine rings is 1. The molecule has 0 spiro atoms. The molecule has 1 aliphatic heterocycles. The standard InChI is InChI=1S/C24H32N4O2S2/c1-4-6-7-8-9-10-14-28-23(30)19(32-24(28)31)16-18-20(25-13-5-2)26-21-17(3)12-11-15-27(21)22(18)29/h11-12,15-16,25H,4-10,13-14H2,1-3H3/b19-16-. The molecule has 1 N–H and O–H groups in total. The number of carbonyl (C=O) groups is 1. The van der Waals surface area contributed by atoms with Crippen molar-refractivity contribution in [2.45, 2.75) is 65.7 Å². The summed E-state index contributed by atoms with van der Waals surface area (Å²) in [6.45, 7) is 7.50. The molecular formula is C24H32N4O2S2. The molecule has 172 valence electrons. The van der Waals surface area contributed by atoms with Crippen molar-refractivity contribution in [3.8, 4) is 0 Å². The maximum absolute atomic E-state index is 13.3. The van der Waals surface area contributed by atoms with Crippen LogP contribution >= 0.6 is 24.0 Å². The molecule has 2 aromatic rings. The fraction of sp³-hybridized carbons (Fsp3) is 0.500. The Labute approximate surface area is 199 Å². The average Bonchev–Trinajstić information content (AvgIpc) is 3.04. The van der Waals surface area contributed by atoms with Crippen molar-refractivity contribution < 1.29 is 4.79 Å². The summed E-state index contributed by atoms with van der Waals surface area (Å²) < 4.78 is 2.09. The number of amides is 1. The van der Waals surface area contributed by atoms with Crippen LogP contribution in [-0.2, 0) is 4.79 Å². The number of hydrogen-bond donors (Lipinski definition) is 1. The van der Waals surface area contributed by atoms with Crippen molar-refractivity contribution in [1.82, 2.24) is 14.3 Å². The molecule has 1 amide bonds.